The van der Waals surface area contributed by atoms with Gasteiger partial charge in [-0.2, -0.15) is 18.2 Å². The van der Waals surface area contributed by atoms with E-state index >= 15 is 0 Å². The van der Waals surface area contributed by atoms with E-state index < -0.39 is 31.7 Å². The van der Waals surface area contributed by atoms with Gasteiger partial charge in [0.1, 0.15) is 11.3 Å². The van der Waals surface area contributed by atoms with Gasteiger partial charge in [0.05, 0.1) is 12.7 Å². The molecule has 0 amide bonds. The second kappa shape index (κ2) is 14.3. The number of carbonyl (C=O) groups excluding carboxylic acids is 1. The molecule has 0 saturated carbocycles. The minimum Gasteiger partial charge on any atom is -0.466 e. The van der Waals surface area contributed by atoms with E-state index in [2.05, 4.69) is 54.1 Å². The van der Waals surface area contributed by atoms with Crippen molar-refractivity contribution in [2.45, 2.75) is 77.4 Å². The first-order chi connectivity index (χ1) is 22.7. The number of carbonyl (C=O) groups is 1. The largest absolute Gasteiger partial charge is 0.466 e. The number of piperidine rings is 1. The summed E-state index contributed by atoms with van der Waals surface area (Å²) in [4.78, 5) is 18.8. The first kappa shape index (κ1) is 35.5. The third kappa shape index (κ3) is 8.24. The molecule has 1 aliphatic rings. The van der Waals surface area contributed by atoms with Crippen LogP contribution in [0.3, 0.4) is 0 Å². The van der Waals surface area contributed by atoms with Crippen molar-refractivity contribution in [3.63, 3.8) is 0 Å². The van der Waals surface area contributed by atoms with Crippen molar-refractivity contribution in [3.05, 3.63) is 65.7 Å². The highest BCUT2D eigenvalue weighted by Crippen LogP contribution is 2.43. The fourth-order valence-corrected chi connectivity index (χ4v) is 6.96. The first-order valence-corrected chi connectivity index (χ1v) is 19.2. The summed E-state index contributed by atoms with van der Waals surface area (Å²) in [5.74, 6) is -0.873. The molecule has 0 aliphatic carbocycles. The number of hydrogen-bond acceptors (Lipinski definition) is 9. The maximum Gasteiger partial charge on any atom is 0.422 e. The Morgan fingerprint density at radius 1 is 1.02 bits per heavy atom. The number of halogens is 3. The van der Waals surface area contributed by atoms with Crippen molar-refractivity contribution < 1.29 is 36.2 Å². The van der Waals surface area contributed by atoms with Crippen LogP contribution in [0.25, 0.3) is 34.3 Å². The Morgan fingerprint density at radius 3 is 2.38 bits per heavy atom. The van der Waals surface area contributed by atoms with Crippen LogP contribution in [0, 0.1) is 5.92 Å². The summed E-state index contributed by atoms with van der Waals surface area (Å²) >= 11 is 0. The Balaban J connectivity index is 1.38. The molecule has 1 aliphatic heterocycles. The summed E-state index contributed by atoms with van der Waals surface area (Å²) in [5, 5.41) is 7.65. The number of likely N-dealkylation sites (tertiary alicyclic amines) is 1. The molecule has 2 aromatic carbocycles. The second-order valence-corrected chi connectivity index (χ2v) is 18.5. The van der Waals surface area contributed by atoms with E-state index in [1.54, 1.807) is 18.2 Å². The van der Waals surface area contributed by atoms with Crippen molar-refractivity contribution in [3.8, 4) is 34.3 Å². The van der Waals surface area contributed by atoms with Crippen LogP contribution in [-0.4, -0.2) is 60.7 Å². The van der Waals surface area contributed by atoms with Crippen molar-refractivity contribution in [1.82, 2.24) is 20.2 Å². The molecule has 3 heterocycles. The van der Waals surface area contributed by atoms with Crippen molar-refractivity contribution in [2.75, 3.05) is 26.2 Å². The van der Waals surface area contributed by atoms with Crippen molar-refractivity contribution in [2.24, 2.45) is 5.92 Å². The Kier molecular flexibility index (Phi) is 10.6. The standard InChI is InChI=1S/C35H43F3N4O5Si/c1-7-44-28(43)20-23-12-11-19-42(21-23)22-27(47-48(5,6)34(2,3)4)24-15-17-26(18-16-24)32-39-33(46-41-32)31-29(35(36,37)38)30(40-45-31)25-13-9-8-10-14-25/h8-10,13-18,23,27H,7,11-12,19-22H2,1-6H3/t23-,27-/m1/s1. The number of rotatable bonds is 11. The fourth-order valence-electron chi connectivity index (χ4n) is 5.69. The van der Waals surface area contributed by atoms with Gasteiger partial charge < -0.3 is 23.1 Å². The molecule has 48 heavy (non-hydrogen) atoms. The molecule has 9 nitrogen and oxygen atoms in total. The Bertz CT molecular complexity index is 1670. The second-order valence-electron chi connectivity index (χ2n) is 13.8. The molecule has 1 fully saturated rings. The third-order valence-corrected chi connectivity index (χ3v) is 13.7. The van der Waals surface area contributed by atoms with E-state index in [1.807, 2.05) is 31.2 Å². The molecule has 0 unspecified atom stereocenters. The van der Waals surface area contributed by atoms with Gasteiger partial charge in [0.2, 0.25) is 11.6 Å². The van der Waals surface area contributed by atoms with Gasteiger partial charge in [-0.3, -0.25) is 4.79 Å². The van der Waals surface area contributed by atoms with E-state index in [4.69, 9.17) is 18.2 Å². The van der Waals surface area contributed by atoms with Crippen molar-refractivity contribution >= 4 is 14.3 Å². The number of benzene rings is 2. The van der Waals surface area contributed by atoms with Gasteiger partial charge in [-0.1, -0.05) is 85.7 Å². The molecule has 1 saturated heterocycles. The average Bonchev–Trinajstić information content (AvgIpc) is 3.69. The van der Waals surface area contributed by atoms with Gasteiger partial charge in [-0.15, -0.1) is 0 Å². The fraction of sp³-hybridized carbons (Fsp3) is 0.486. The van der Waals surface area contributed by atoms with Crippen LogP contribution in [-0.2, 0) is 20.1 Å². The van der Waals surface area contributed by atoms with Crippen LogP contribution >= 0.6 is 0 Å². The monoisotopic (exact) mass is 684 g/mol. The zero-order valence-corrected chi connectivity index (χ0v) is 29.3. The summed E-state index contributed by atoms with van der Waals surface area (Å²) in [6.07, 6.45) is -2.63. The molecular formula is C35H43F3N4O5Si. The Labute approximate surface area is 279 Å². The van der Waals surface area contributed by atoms with Crippen LogP contribution < -0.4 is 0 Å². The van der Waals surface area contributed by atoms with Crippen LogP contribution in [0.5, 0.6) is 0 Å². The predicted octanol–water partition coefficient (Wildman–Crippen LogP) is 8.81. The summed E-state index contributed by atoms with van der Waals surface area (Å²) in [5.41, 5.74) is 0.345. The number of nitrogens with zero attached hydrogens (tertiary/aromatic N) is 4. The number of hydrogen-bond donors (Lipinski definition) is 0. The minimum atomic E-state index is -4.77. The van der Waals surface area contributed by atoms with Gasteiger partial charge in [-0.05, 0) is 55.9 Å². The van der Waals surface area contributed by atoms with Gasteiger partial charge >= 0.3 is 12.1 Å². The minimum absolute atomic E-state index is 0.0169. The SMILES string of the molecule is CCOC(=O)C[C@H]1CCCN(C[C@@H](O[Si](C)(C)C(C)(C)C)c2ccc(-c3noc(-c4onc(-c5ccccc5)c4C(F)(F)F)n3)cc2)C1. The molecule has 13 heteroatoms. The molecule has 0 radical (unpaired) electrons. The maximum absolute atomic E-state index is 14.2. The van der Waals surface area contributed by atoms with Crippen LogP contribution in [0.15, 0.2) is 63.6 Å². The highest BCUT2D eigenvalue weighted by Gasteiger charge is 2.43. The molecule has 2 aromatic heterocycles. The molecule has 4 aromatic rings. The lowest BCUT2D eigenvalue weighted by molar-refractivity contribution is -0.144. The topological polar surface area (TPSA) is 104 Å². The lowest BCUT2D eigenvalue weighted by Crippen LogP contribution is -2.45. The highest BCUT2D eigenvalue weighted by atomic mass is 28.4. The zero-order valence-electron chi connectivity index (χ0n) is 28.3. The van der Waals surface area contributed by atoms with Gasteiger partial charge in [0.15, 0.2) is 8.32 Å². The molecule has 0 N–H and O–H groups in total. The third-order valence-electron chi connectivity index (χ3n) is 9.21. The van der Waals surface area contributed by atoms with Crippen LogP contribution in [0.4, 0.5) is 13.2 Å². The summed E-state index contributed by atoms with van der Waals surface area (Å²) < 4.78 is 65.2. The Morgan fingerprint density at radius 2 is 1.73 bits per heavy atom. The summed E-state index contributed by atoms with van der Waals surface area (Å²) in [6.45, 7) is 15.6. The number of esters is 1. The first-order valence-electron chi connectivity index (χ1n) is 16.3. The van der Waals surface area contributed by atoms with Gasteiger partial charge in [-0.25, -0.2) is 0 Å². The highest BCUT2D eigenvalue weighted by molar-refractivity contribution is 6.74. The predicted molar refractivity (Wildman–Crippen MR) is 177 cm³/mol. The molecule has 258 valence electrons. The molecule has 0 bridgehead atoms. The molecule has 5 rings (SSSR count). The molecular weight excluding hydrogens is 641 g/mol. The molecule has 2 atom stereocenters. The lowest BCUT2D eigenvalue weighted by atomic mass is 9.94. The zero-order chi connectivity index (χ0) is 34.7. The Hall–Kier alpha value is -3.81. The maximum atomic E-state index is 14.2. The van der Waals surface area contributed by atoms with E-state index in [9.17, 15) is 18.0 Å². The number of alkyl halides is 3. The quantitative estimate of drug-likeness (QED) is 0.113. The van der Waals surface area contributed by atoms with E-state index in [1.165, 1.54) is 12.1 Å². The number of ether oxygens (including phenoxy) is 1. The lowest BCUT2D eigenvalue weighted by Gasteiger charge is -2.42. The summed E-state index contributed by atoms with van der Waals surface area (Å²) in [7, 11) is -2.19. The molecule has 0 spiro atoms. The van der Waals surface area contributed by atoms with E-state index in [0.717, 1.165) is 31.5 Å². The van der Waals surface area contributed by atoms with Crippen LogP contribution in [0.2, 0.25) is 18.1 Å². The average molecular weight is 685 g/mol. The van der Waals surface area contributed by atoms with Crippen molar-refractivity contribution in [1.29, 1.82) is 0 Å². The smallest absolute Gasteiger partial charge is 0.422 e. The van der Waals surface area contributed by atoms with Crippen LogP contribution in [0.1, 0.15) is 64.2 Å². The summed E-state index contributed by atoms with van der Waals surface area (Å²) in [6, 6.07) is 15.5. The van der Waals surface area contributed by atoms with Gasteiger partial charge in [0.25, 0.3) is 5.89 Å². The van der Waals surface area contributed by atoms with E-state index in [0.29, 0.717) is 25.1 Å². The van der Waals surface area contributed by atoms with E-state index in [-0.39, 0.29) is 40.1 Å². The number of aromatic nitrogens is 3. The van der Waals surface area contributed by atoms with Gasteiger partial charge in [0, 0.05) is 30.6 Å². The normalized spacial score (nSPS) is 17.0.